The normalized spacial score (nSPS) is 15.9. The van der Waals surface area contributed by atoms with Crippen LogP contribution in [0.2, 0.25) is 0 Å². The summed E-state index contributed by atoms with van der Waals surface area (Å²) in [7, 11) is 3.23. The number of carbonyl (C=O) groups is 1. The van der Waals surface area contributed by atoms with E-state index in [2.05, 4.69) is 35.0 Å². The summed E-state index contributed by atoms with van der Waals surface area (Å²) in [5.74, 6) is 1.48. The van der Waals surface area contributed by atoms with Gasteiger partial charge in [0.25, 0.3) is 0 Å². The molecule has 0 saturated carbocycles. The maximum absolute atomic E-state index is 13.1. The fraction of sp³-hybridized carbons (Fsp3) is 0.350. The molecule has 3 rings (SSSR count). The van der Waals surface area contributed by atoms with Crippen LogP contribution in [-0.4, -0.2) is 20.0 Å². The van der Waals surface area contributed by atoms with Gasteiger partial charge in [0.15, 0.2) is 5.78 Å². The monoisotopic (exact) mass is 388 g/mol. The SMILES string of the molecule is CCc1cc(C(=O)C2Cc3ccc(Br)cc3C2)c(OC)cc1OC. The molecule has 24 heavy (non-hydrogen) atoms. The predicted molar refractivity (Wildman–Crippen MR) is 98.3 cm³/mol. The Labute approximate surface area is 151 Å². The van der Waals surface area contributed by atoms with Crippen molar-refractivity contribution >= 4 is 21.7 Å². The maximum Gasteiger partial charge on any atom is 0.170 e. The minimum Gasteiger partial charge on any atom is -0.496 e. The van der Waals surface area contributed by atoms with Crippen LogP contribution in [0, 0.1) is 5.92 Å². The Balaban J connectivity index is 1.93. The van der Waals surface area contributed by atoms with Gasteiger partial charge in [0.2, 0.25) is 0 Å². The van der Waals surface area contributed by atoms with Crippen LogP contribution in [0.1, 0.15) is 34.0 Å². The van der Waals surface area contributed by atoms with Crippen LogP contribution in [0.15, 0.2) is 34.8 Å². The molecular formula is C20H21BrO3. The lowest BCUT2D eigenvalue weighted by Crippen LogP contribution is -2.16. The lowest BCUT2D eigenvalue weighted by atomic mass is 9.92. The van der Waals surface area contributed by atoms with E-state index in [1.165, 1.54) is 11.1 Å². The minimum absolute atomic E-state index is 0.0266. The fourth-order valence-electron chi connectivity index (χ4n) is 3.43. The second-order valence-corrected chi connectivity index (χ2v) is 7.02. The first-order chi connectivity index (χ1) is 11.6. The number of carbonyl (C=O) groups excluding carboxylic acids is 1. The highest BCUT2D eigenvalue weighted by Crippen LogP contribution is 2.35. The van der Waals surface area contributed by atoms with Crippen molar-refractivity contribution in [2.24, 2.45) is 5.92 Å². The quantitative estimate of drug-likeness (QED) is 0.700. The fourth-order valence-corrected chi connectivity index (χ4v) is 3.83. The number of methoxy groups -OCH3 is 2. The summed E-state index contributed by atoms with van der Waals surface area (Å²) in [6.07, 6.45) is 2.38. The molecule has 0 saturated heterocycles. The van der Waals surface area contributed by atoms with E-state index in [1.807, 2.05) is 18.2 Å². The van der Waals surface area contributed by atoms with Crippen LogP contribution < -0.4 is 9.47 Å². The van der Waals surface area contributed by atoms with Crippen molar-refractivity contribution in [3.05, 3.63) is 57.1 Å². The molecule has 2 aromatic rings. The van der Waals surface area contributed by atoms with Gasteiger partial charge in [-0.2, -0.15) is 0 Å². The van der Waals surface area contributed by atoms with Gasteiger partial charge >= 0.3 is 0 Å². The highest BCUT2D eigenvalue weighted by atomic mass is 79.9. The molecule has 1 unspecified atom stereocenters. The average molecular weight is 389 g/mol. The Morgan fingerprint density at radius 3 is 2.46 bits per heavy atom. The van der Waals surface area contributed by atoms with E-state index in [9.17, 15) is 4.79 Å². The van der Waals surface area contributed by atoms with E-state index in [1.54, 1.807) is 14.2 Å². The molecule has 0 spiro atoms. The Morgan fingerprint density at radius 2 is 1.79 bits per heavy atom. The summed E-state index contributed by atoms with van der Waals surface area (Å²) in [6, 6.07) is 10.0. The van der Waals surface area contributed by atoms with Gasteiger partial charge in [-0.15, -0.1) is 0 Å². The first-order valence-corrected chi connectivity index (χ1v) is 8.93. The van der Waals surface area contributed by atoms with Crippen LogP contribution in [0.5, 0.6) is 11.5 Å². The van der Waals surface area contributed by atoms with Gasteiger partial charge in [-0.3, -0.25) is 4.79 Å². The average Bonchev–Trinajstić information content (AvgIpc) is 3.02. The maximum atomic E-state index is 13.1. The third-order valence-corrected chi connectivity index (χ3v) is 5.21. The summed E-state index contributed by atoms with van der Waals surface area (Å²) < 4.78 is 11.9. The Bertz CT molecular complexity index is 783. The van der Waals surface area contributed by atoms with Crippen molar-refractivity contribution in [2.45, 2.75) is 26.2 Å². The van der Waals surface area contributed by atoms with Crippen LogP contribution in [0.3, 0.4) is 0 Å². The van der Waals surface area contributed by atoms with Gasteiger partial charge in [0.1, 0.15) is 11.5 Å². The van der Waals surface area contributed by atoms with Crippen LogP contribution in [0.25, 0.3) is 0 Å². The van der Waals surface area contributed by atoms with E-state index in [0.717, 1.165) is 35.0 Å². The Morgan fingerprint density at radius 1 is 1.08 bits per heavy atom. The second kappa shape index (κ2) is 6.98. The van der Waals surface area contributed by atoms with E-state index < -0.39 is 0 Å². The molecule has 1 aliphatic carbocycles. The largest absolute Gasteiger partial charge is 0.496 e. The summed E-state index contributed by atoms with van der Waals surface area (Å²) in [5, 5.41) is 0. The van der Waals surface area contributed by atoms with Crippen LogP contribution in [-0.2, 0) is 19.3 Å². The number of halogens is 1. The molecule has 1 aliphatic rings. The molecule has 2 aromatic carbocycles. The standard InChI is InChI=1S/C20H21BrO3/c1-4-12-10-17(19(24-3)11-18(12)23-2)20(22)15-7-13-5-6-16(21)9-14(13)8-15/h5-6,9-11,15H,4,7-8H2,1-3H3. The van der Waals surface area contributed by atoms with Gasteiger partial charge in [-0.05, 0) is 54.2 Å². The summed E-state index contributed by atoms with van der Waals surface area (Å²) in [4.78, 5) is 13.1. The number of fused-ring (bicyclic) bond motifs is 1. The number of Topliss-reactive ketones (excluding diaryl/α,β-unsaturated/α-hetero) is 1. The highest BCUT2D eigenvalue weighted by Gasteiger charge is 2.30. The zero-order valence-electron chi connectivity index (χ0n) is 14.2. The third kappa shape index (κ3) is 3.07. The molecule has 0 fully saturated rings. The Kier molecular flexibility index (Phi) is 4.95. The van der Waals surface area contributed by atoms with Gasteiger partial charge in [0.05, 0.1) is 19.8 Å². The Hall–Kier alpha value is -1.81. The molecule has 0 aromatic heterocycles. The molecule has 4 heteroatoms. The molecule has 1 atom stereocenters. The molecule has 0 aliphatic heterocycles. The number of rotatable bonds is 5. The third-order valence-electron chi connectivity index (χ3n) is 4.72. The molecule has 0 bridgehead atoms. The van der Waals surface area contributed by atoms with Crippen molar-refractivity contribution < 1.29 is 14.3 Å². The second-order valence-electron chi connectivity index (χ2n) is 6.10. The smallest absolute Gasteiger partial charge is 0.170 e. The van der Waals surface area contributed by atoms with Gasteiger partial charge in [-0.1, -0.05) is 28.9 Å². The predicted octanol–water partition coefficient (Wildman–Crippen LogP) is 4.63. The molecule has 0 radical (unpaired) electrons. The van der Waals surface area contributed by atoms with Crippen molar-refractivity contribution in [2.75, 3.05) is 14.2 Å². The summed E-state index contributed by atoms with van der Waals surface area (Å²) in [5.41, 5.74) is 4.21. The van der Waals surface area contributed by atoms with Crippen molar-refractivity contribution in [1.29, 1.82) is 0 Å². The number of aryl methyl sites for hydroxylation is 1. The van der Waals surface area contributed by atoms with Crippen molar-refractivity contribution in [3.8, 4) is 11.5 Å². The number of ketones is 1. The molecule has 3 nitrogen and oxygen atoms in total. The molecule has 0 heterocycles. The first-order valence-electron chi connectivity index (χ1n) is 8.13. The lowest BCUT2D eigenvalue weighted by Gasteiger charge is -2.16. The topological polar surface area (TPSA) is 35.5 Å². The first kappa shape index (κ1) is 17.0. The number of ether oxygens (including phenoxy) is 2. The van der Waals surface area contributed by atoms with E-state index in [-0.39, 0.29) is 11.7 Å². The molecular weight excluding hydrogens is 368 g/mol. The molecule has 0 amide bonds. The van der Waals surface area contributed by atoms with Crippen LogP contribution in [0.4, 0.5) is 0 Å². The molecule has 0 N–H and O–H groups in total. The van der Waals surface area contributed by atoms with Gasteiger partial charge in [-0.25, -0.2) is 0 Å². The van der Waals surface area contributed by atoms with E-state index in [4.69, 9.17) is 9.47 Å². The highest BCUT2D eigenvalue weighted by molar-refractivity contribution is 9.10. The van der Waals surface area contributed by atoms with E-state index in [0.29, 0.717) is 11.3 Å². The van der Waals surface area contributed by atoms with E-state index >= 15 is 0 Å². The number of hydrogen-bond acceptors (Lipinski definition) is 3. The minimum atomic E-state index is -0.0266. The summed E-state index contributed by atoms with van der Waals surface area (Å²) in [6.45, 7) is 2.06. The van der Waals surface area contributed by atoms with Crippen molar-refractivity contribution in [3.63, 3.8) is 0 Å². The lowest BCUT2D eigenvalue weighted by molar-refractivity contribution is 0.0921. The number of benzene rings is 2. The zero-order chi connectivity index (χ0) is 17.3. The van der Waals surface area contributed by atoms with Gasteiger partial charge < -0.3 is 9.47 Å². The number of hydrogen-bond donors (Lipinski definition) is 0. The van der Waals surface area contributed by atoms with Gasteiger partial charge in [0, 0.05) is 16.5 Å². The molecule has 126 valence electrons. The van der Waals surface area contributed by atoms with Crippen LogP contribution >= 0.6 is 15.9 Å². The van der Waals surface area contributed by atoms with Crippen molar-refractivity contribution in [1.82, 2.24) is 0 Å². The zero-order valence-corrected chi connectivity index (χ0v) is 15.8. The summed E-state index contributed by atoms with van der Waals surface area (Å²) >= 11 is 3.51.